The molecule has 0 aromatic carbocycles. The van der Waals surface area contributed by atoms with Gasteiger partial charge in [-0.25, -0.2) is 0 Å². The van der Waals surface area contributed by atoms with E-state index in [2.05, 4.69) is 0 Å². The number of carbonyl (C=O) groups is 2. The van der Waals surface area contributed by atoms with Crippen LogP contribution in [0.3, 0.4) is 0 Å². The number of carboxylic acids is 2. The summed E-state index contributed by atoms with van der Waals surface area (Å²) in [5, 5.41) is 17.9. The molecule has 0 unspecified atom stereocenters. The molecule has 0 saturated heterocycles. The van der Waals surface area contributed by atoms with Gasteiger partial charge in [0.1, 0.15) is 0 Å². The van der Waals surface area contributed by atoms with Gasteiger partial charge in [-0.15, -0.1) is 0 Å². The van der Waals surface area contributed by atoms with Crippen molar-refractivity contribution in [2.24, 2.45) is 0 Å². The predicted octanol–water partition coefficient (Wildman–Crippen LogP) is -6.51. The minimum atomic E-state index is -2.19. The Morgan fingerprint density at radius 1 is 1.00 bits per heavy atom. The SMILES string of the molecule is O=C([O-])C(=O)[O-].[K+].[Ti+4]. The molecular formula is C2KO4Ti+3. The molecule has 0 heterocycles. The normalized spacial score (nSPS) is 5.50. The van der Waals surface area contributed by atoms with Gasteiger partial charge in [0.05, 0.1) is 11.9 Å². The molecule has 6 heteroatoms. The molecule has 0 saturated carbocycles. The number of carbonyl (C=O) groups excluding carboxylic acids is 2. The molecule has 0 aliphatic rings. The summed E-state index contributed by atoms with van der Waals surface area (Å²) in [6, 6.07) is 0. The van der Waals surface area contributed by atoms with Crippen LogP contribution < -0.4 is 61.6 Å². The summed E-state index contributed by atoms with van der Waals surface area (Å²) in [4.78, 5) is 17.9. The fraction of sp³-hybridized carbons (Fsp3) is 0. The number of aliphatic carboxylic acids is 2. The van der Waals surface area contributed by atoms with Crippen LogP contribution in [0.4, 0.5) is 0 Å². The number of hydrogen-bond donors (Lipinski definition) is 0. The van der Waals surface area contributed by atoms with Crippen LogP contribution in [0.2, 0.25) is 0 Å². The molecule has 0 atom stereocenters. The van der Waals surface area contributed by atoms with Crippen LogP contribution in [-0.2, 0) is 31.3 Å². The fourth-order valence-corrected chi connectivity index (χ4v) is 0. The van der Waals surface area contributed by atoms with E-state index >= 15 is 0 Å². The second-order valence-corrected chi connectivity index (χ2v) is 0.575. The molecule has 0 fully saturated rings. The third kappa shape index (κ3) is 10.3. The molecule has 8 heavy (non-hydrogen) atoms. The standard InChI is InChI=1S/C2H2O4.K.Ti/c3-1(4)2(5)6;;/h(H,3,4)(H,5,6);;/q;+1;+4/p-2. The van der Waals surface area contributed by atoms with Gasteiger partial charge < -0.3 is 19.8 Å². The molecule has 0 rings (SSSR count). The number of carboxylic acid groups (broad SMARTS) is 2. The van der Waals surface area contributed by atoms with Crippen molar-refractivity contribution in [3.8, 4) is 0 Å². The first-order valence-corrected chi connectivity index (χ1v) is 1.07. The monoisotopic (exact) mass is 175 g/mol. The summed E-state index contributed by atoms with van der Waals surface area (Å²) in [6.07, 6.45) is 0. The van der Waals surface area contributed by atoms with Crippen LogP contribution in [0.1, 0.15) is 0 Å². The Labute approximate surface area is 103 Å². The van der Waals surface area contributed by atoms with E-state index in [1.165, 1.54) is 0 Å². The Morgan fingerprint density at radius 3 is 1.12 bits per heavy atom. The minimum absolute atomic E-state index is 0. The van der Waals surface area contributed by atoms with Crippen molar-refractivity contribution in [1.82, 2.24) is 0 Å². The Kier molecular flexibility index (Phi) is 16.7. The summed E-state index contributed by atoms with van der Waals surface area (Å²) < 4.78 is 0. The van der Waals surface area contributed by atoms with E-state index in [1.54, 1.807) is 0 Å². The van der Waals surface area contributed by atoms with E-state index in [0.29, 0.717) is 0 Å². The maximum atomic E-state index is 8.93. The van der Waals surface area contributed by atoms with Gasteiger partial charge in [-0.1, -0.05) is 0 Å². The quantitative estimate of drug-likeness (QED) is 0.271. The maximum absolute atomic E-state index is 8.93. The predicted molar refractivity (Wildman–Crippen MR) is 10.0 cm³/mol. The van der Waals surface area contributed by atoms with E-state index in [4.69, 9.17) is 19.8 Å². The molecule has 0 aromatic rings. The van der Waals surface area contributed by atoms with Gasteiger partial charge in [0, 0.05) is 0 Å². The summed E-state index contributed by atoms with van der Waals surface area (Å²) in [7, 11) is 0. The van der Waals surface area contributed by atoms with Crippen molar-refractivity contribution in [3.63, 3.8) is 0 Å². The summed E-state index contributed by atoms with van der Waals surface area (Å²) >= 11 is 0. The first-order valence-electron chi connectivity index (χ1n) is 1.07. The molecule has 0 spiro atoms. The van der Waals surface area contributed by atoms with Gasteiger partial charge in [0.2, 0.25) is 0 Å². The van der Waals surface area contributed by atoms with Gasteiger partial charge in [-0.3, -0.25) is 0 Å². The largest absolute Gasteiger partial charge is 4.00 e. The number of rotatable bonds is 0. The molecule has 0 bridgehead atoms. The first kappa shape index (κ1) is 16.1. The second-order valence-electron chi connectivity index (χ2n) is 0.575. The van der Waals surface area contributed by atoms with Crippen LogP contribution in [0.25, 0.3) is 0 Å². The van der Waals surface area contributed by atoms with Crippen LogP contribution in [-0.4, -0.2) is 11.9 Å². The molecule has 0 aliphatic heterocycles. The topological polar surface area (TPSA) is 80.3 Å². The molecule has 0 aliphatic carbocycles. The van der Waals surface area contributed by atoms with E-state index in [0.717, 1.165) is 0 Å². The smallest absolute Gasteiger partial charge is 0.543 e. The van der Waals surface area contributed by atoms with Crippen LogP contribution in [0.5, 0.6) is 0 Å². The van der Waals surface area contributed by atoms with Crippen LogP contribution in [0, 0.1) is 0 Å². The van der Waals surface area contributed by atoms with Gasteiger partial charge in [0.25, 0.3) is 0 Å². The molecule has 4 nitrogen and oxygen atoms in total. The van der Waals surface area contributed by atoms with E-state index in [1.807, 2.05) is 0 Å². The van der Waals surface area contributed by atoms with Crippen molar-refractivity contribution >= 4 is 11.9 Å². The third-order valence-electron chi connectivity index (χ3n) is 0.167. The molecule has 34 valence electrons. The Bertz CT molecular complexity index is 80.0. The van der Waals surface area contributed by atoms with Crippen LogP contribution in [0.15, 0.2) is 0 Å². The summed E-state index contributed by atoms with van der Waals surface area (Å²) in [6.45, 7) is 0. The van der Waals surface area contributed by atoms with E-state index < -0.39 is 11.9 Å². The average Bonchev–Trinajstić information content (AvgIpc) is 1.36. The average molecular weight is 175 g/mol. The zero-order valence-electron chi connectivity index (χ0n) is 4.13. The Balaban J connectivity index is -0.000000125. The van der Waals surface area contributed by atoms with E-state index in [9.17, 15) is 0 Å². The van der Waals surface area contributed by atoms with Crippen molar-refractivity contribution in [3.05, 3.63) is 0 Å². The fourth-order valence-electron chi connectivity index (χ4n) is 0. The zero-order valence-corrected chi connectivity index (χ0v) is 8.82. The van der Waals surface area contributed by atoms with Gasteiger partial charge in [0.15, 0.2) is 0 Å². The molecule has 0 amide bonds. The van der Waals surface area contributed by atoms with Gasteiger partial charge in [-0.2, -0.15) is 0 Å². The molecular weight excluding hydrogens is 175 g/mol. The van der Waals surface area contributed by atoms with E-state index in [-0.39, 0.29) is 73.1 Å². The Morgan fingerprint density at radius 2 is 1.12 bits per heavy atom. The molecule has 0 radical (unpaired) electrons. The van der Waals surface area contributed by atoms with Crippen molar-refractivity contribution < 1.29 is 92.9 Å². The van der Waals surface area contributed by atoms with Crippen molar-refractivity contribution in [2.45, 2.75) is 0 Å². The van der Waals surface area contributed by atoms with Crippen LogP contribution >= 0.6 is 0 Å². The minimum Gasteiger partial charge on any atom is -0.543 e. The summed E-state index contributed by atoms with van der Waals surface area (Å²) in [5.41, 5.74) is 0. The van der Waals surface area contributed by atoms with Crippen molar-refractivity contribution in [1.29, 1.82) is 0 Å². The third-order valence-corrected chi connectivity index (χ3v) is 0.167. The van der Waals surface area contributed by atoms with Crippen molar-refractivity contribution in [2.75, 3.05) is 0 Å². The van der Waals surface area contributed by atoms with Gasteiger partial charge >= 0.3 is 73.1 Å². The Hall–Kier alpha value is 1.29. The number of hydrogen-bond acceptors (Lipinski definition) is 4. The van der Waals surface area contributed by atoms with Gasteiger partial charge in [-0.05, 0) is 0 Å². The second kappa shape index (κ2) is 8.29. The zero-order chi connectivity index (χ0) is 5.15. The summed E-state index contributed by atoms with van der Waals surface area (Å²) in [5.74, 6) is -4.37. The maximum Gasteiger partial charge on any atom is 4.00 e. The first-order chi connectivity index (χ1) is 2.64. The molecule has 0 N–H and O–H groups in total. The molecule has 0 aromatic heterocycles.